The van der Waals surface area contributed by atoms with Crippen molar-refractivity contribution in [1.82, 2.24) is 4.90 Å². The van der Waals surface area contributed by atoms with Crippen LogP contribution in [0.25, 0.3) is 11.3 Å². The number of alkyl halides is 2. The molecule has 0 saturated carbocycles. The number of hydrogen-bond acceptors (Lipinski definition) is 3. The van der Waals surface area contributed by atoms with E-state index in [1.807, 2.05) is 0 Å². The van der Waals surface area contributed by atoms with Crippen LogP contribution < -0.4 is 4.74 Å². The summed E-state index contributed by atoms with van der Waals surface area (Å²) in [5.74, 6) is -0.439. The van der Waals surface area contributed by atoms with Crippen LogP contribution in [0, 0.1) is 5.82 Å². The minimum Gasteiger partial charge on any atom is -0.451 e. The molecule has 0 N–H and O–H groups in total. The van der Waals surface area contributed by atoms with E-state index in [1.165, 1.54) is 35.2 Å². The number of hydrogen-bond donors (Lipinski definition) is 0. The Kier molecular flexibility index (Phi) is 5.49. The quantitative estimate of drug-likeness (QED) is 0.612. The van der Waals surface area contributed by atoms with E-state index in [-0.39, 0.29) is 35.3 Å². The van der Waals surface area contributed by atoms with Gasteiger partial charge in [0.25, 0.3) is 5.91 Å². The van der Waals surface area contributed by atoms with Crippen molar-refractivity contribution in [1.29, 1.82) is 0 Å². The molecular weight excluding hydrogens is 359 g/mol. The van der Waals surface area contributed by atoms with Crippen LogP contribution in [-0.4, -0.2) is 24.5 Å². The summed E-state index contributed by atoms with van der Waals surface area (Å²) in [6.07, 6.45) is 0. The number of carbonyl (C=O) groups excluding carboxylic acids is 1. The van der Waals surface area contributed by atoms with Crippen LogP contribution >= 0.6 is 0 Å². The molecule has 7 heteroatoms. The summed E-state index contributed by atoms with van der Waals surface area (Å²) < 4.78 is 47.9. The normalized spacial score (nSPS) is 10.9. The lowest BCUT2D eigenvalue weighted by atomic mass is 10.1. The highest BCUT2D eigenvalue weighted by molar-refractivity contribution is 5.91. The molecule has 0 radical (unpaired) electrons. The zero-order valence-electron chi connectivity index (χ0n) is 14.4. The van der Waals surface area contributed by atoms with Crippen molar-refractivity contribution < 1.29 is 27.1 Å². The van der Waals surface area contributed by atoms with E-state index >= 15 is 0 Å². The molecule has 0 aliphatic rings. The number of carbonyl (C=O) groups is 1. The molecule has 140 valence electrons. The second-order valence-electron chi connectivity index (χ2n) is 5.83. The number of ether oxygens (including phenoxy) is 1. The summed E-state index contributed by atoms with van der Waals surface area (Å²) in [7, 11) is 1.58. The third-order valence-corrected chi connectivity index (χ3v) is 3.87. The van der Waals surface area contributed by atoms with E-state index in [2.05, 4.69) is 4.74 Å². The second-order valence-corrected chi connectivity index (χ2v) is 5.83. The maximum Gasteiger partial charge on any atom is 0.387 e. The van der Waals surface area contributed by atoms with Crippen LogP contribution in [0.3, 0.4) is 0 Å². The zero-order valence-corrected chi connectivity index (χ0v) is 14.4. The molecular formula is C20H16F3NO3. The molecule has 0 unspecified atom stereocenters. The first-order valence-electron chi connectivity index (χ1n) is 8.08. The molecule has 3 aromatic rings. The fourth-order valence-electron chi connectivity index (χ4n) is 2.57. The third kappa shape index (κ3) is 4.49. The third-order valence-electron chi connectivity index (χ3n) is 3.87. The van der Waals surface area contributed by atoms with Crippen molar-refractivity contribution in [3.63, 3.8) is 0 Å². The number of rotatable bonds is 6. The second kappa shape index (κ2) is 7.99. The molecule has 0 bridgehead atoms. The minimum absolute atomic E-state index is 0.0447. The summed E-state index contributed by atoms with van der Waals surface area (Å²) >= 11 is 0. The Hall–Kier alpha value is -3.22. The lowest BCUT2D eigenvalue weighted by Gasteiger charge is -2.16. The predicted molar refractivity (Wildman–Crippen MR) is 93.0 cm³/mol. The summed E-state index contributed by atoms with van der Waals surface area (Å²) in [6.45, 7) is -2.65. The summed E-state index contributed by atoms with van der Waals surface area (Å²) in [5, 5.41) is 0. The Morgan fingerprint density at radius 1 is 1.07 bits per heavy atom. The van der Waals surface area contributed by atoms with Crippen molar-refractivity contribution in [2.24, 2.45) is 0 Å². The smallest absolute Gasteiger partial charge is 0.387 e. The van der Waals surface area contributed by atoms with Crippen LogP contribution in [0.15, 0.2) is 65.1 Å². The molecule has 27 heavy (non-hydrogen) atoms. The molecule has 0 aliphatic carbocycles. The van der Waals surface area contributed by atoms with Gasteiger partial charge in [0.15, 0.2) is 5.76 Å². The largest absolute Gasteiger partial charge is 0.451 e. The Balaban J connectivity index is 1.68. The van der Waals surface area contributed by atoms with E-state index in [4.69, 9.17) is 4.42 Å². The number of halogens is 3. The van der Waals surface area contributed by atoms with Crippen molar-refractivity contribution in [3.05, 3.63) is 77.8 Å². The Morgan fingerprint density at radius 3 is 2.44 bits per heavy atom. The van der Waals surface area contributed by atoms with Gasteiger partial charge in [0.05, 0.1) is 5.56 Å². The van der Waals surface area contributed by atoms with Crippen LogP contribution in [0.2, 0.25) is 0 Å². The molecule has 3 rings (SSSR count). The van der Waals surface area contributed by atoms with Crippen LogP contribution in [0.1, 0.15) is 16.1 Å². The number of nitrogens with zero attached hydrogens (tertiary/aromatic N) is 1. The van der Waals surface area contributed by atoms with Crippen LogP contribution in [0.4, 0.5) is 13.2 Å². The SMILES string of the molecule is CN(Cc1ccc(OC(F)F)cc1)C(=O)c1ccc(-c2ccccc2F)o1. The van der Waals surface area contributed by atoms with E-state index < -0.39 is 12.4 Å². The van der Waals surface area contributed by atoms with Crippen molar-refractivity contribution >= 4 is 5.91 Å². The van der Waals surface area contributed by atoms with Gasteiger partial charge < -0.3 is 14.1 Å². The van der Waals surface area contributed by atoms with Gasteiger partial charge in [0.2, 0.25) is 0 Å². The van der Waals surface area contributed by atoms with Gasteiger partial charge in [-0.1, -0.05) is 24.3 Å². The molecule has 4 nitrogen and oxygen atoms in total. The van der Waals surface area contributed by atoms with E-state index in [9.17, 15) is 18.0 Å². The van der Waals surface area contributed by atoms with Gasteiger partial charge in [-0.2, -0.15) is 8.78 Å². The minimum atomic E-state index is -2.89. The lowest BCUT2D eigenvalue weighted by molar-refractivity contribution is -0.0498. The summed E-state index contributed by atoms with van der Waals surface area (Å²) in [5.41, 5.74) is 1.00. The number of furan rings is 1. The van der Waals surface area contributed by atoms with Crippen LogP contribution in [-0.2, 0) is 6.54 Å². The highest BCUT2D eigenvalue weighted by atomic mass is 19.3. The monoisotopic (exact) mass is 375 g/mol. The average molecular weight is 375 g/mol. The molecule has 0 saturated heterocycles. The maximum absolute atomic E-state index is 13.8. The van der Waals surface area contributed by atoms with Crippen molar-refractivity contribution in [3.8, 4) is 17.1 Å². The molecule has 0 spiro atoms. The number of benzene rings is 2. The van der Waals surface area contributed by atoms with Crippen molar-refractivity contribution in [2.45, 2.75) is 13.2 Å². The van der Waals surface area contributed by atoms with Crippen molar-refractivity contribution in [2.75, 3.05) is 7.05 Å². The fourth-order valence-corrected chi connectivity index (χ4v) is 2.57. The van der Waals surface area contributed by atoms with E-state index in [0.29, 0.717) is 0 Å². The lowest BCUT2D eigenvalue weighted by Crippen LogP contribution is -2.25. The molecule has 1 heterocycles. The van der Waals surface area contributed by atoms with Gasteiger partial charge >= 0.3 is 6.61 Å². The summed E-state index contributed by atoms with van der Waals surface area (Å²) in [6, 6.07) is 15.1. The van der Waals surface area contributed by atoms with Gasteiger partial charge in [0.1, 0.15) is 17.3 Å². The van der Waals surface area contributed by atoms with Crippen LogP contribution in [0.5, 0.6) is 5.75 Å². The first-order valence-corrected chi connectivity index (χ1v) is 8.08. The highest BCUT2D eigenvalue weighted by Gasteiger charge is 2.18. The first-order chi connectivity index (χ1) is 12.9. The maximum atomic E-state index is 13.8. The number of amides is 1. The standard InChI is InChI=1S/C20H16F3NO3/c1-24(12-13-6-8-14(9-7-13)26-20(22)23)19(25)18-11-10-17(27-18)15-4-2-3-5-16(15)21/h2-11,20H,12H2,1H3. The Bertz CT molecular complexity index is 922. The Morgan fingerprint density at radius 2 is 1.78 bits per heavy atom. The molecule has 0 aliphatic heterocycles. The van der Waals surface area contributed by atoms with Gasteiger partial charge in [0, 0.05) is 13.6 Å². The predicted octanol–water partition coefficient (Wildman–Crippen LogP) is 4.96. The Labute approximate surface area is 153 Å². The van der Waals surface area contributed by atoms with E-state index in [0.717, 1.165) is 5.56 Å². The van der Waals surface area contributed by atoms with Gasteiger partial charge in [-0.05, 0) is 42.0 Å². The highest BCUT2D eigenvalue weighted by Crippen LogP contribution is 2.25. The average Bonchev–Trinajstić information content (AvgIpc) is 3.12. The molecule has 1 aromatic heterocycles. The van der Waals surface area contributed by atoms with E-state index in [1.54, 1.807) is 37.4 Å². The fraction of sp³-hybridized carbons (Fsp3) is 0.150. The summed E-state index contributed by atoms with van der Waals surface area (Å²) in [4.78, 5) is 13.9. The molecule has 0 fully saturated rings. The molecule has 1 amide bonds. The molecule has 2 aromatic carbocycles. The van der Waals surface area contributed by atoms with Gasteiger partial charge in [-0.15, -0.1) is 0 Å². The van der Waals surface area contributed by atoms with Gasteiger partial charge in [-0.3, -0.25) is 4.79 Å². The molecule has 0 atom stereocenters. The van der Waals surface area contributed by atoms with Gasteiger partial charge in [-0.25, -0.2) is 4.39 Å². The topological polar surface area (TPSA) is 42.7 Å². The zero-order chi connectivity index (χ0) is 19.4. The first kappa shape index (κ1) is 18.6.